The van der Waals surface area contributed by atoms with E-state index >= 15 is 0 Å². The molecule has 10 nitrogen and oxygen atoms in total. The van der Waals surface area contributed by atoms with E-state index in [1.807, 2.05) is 4.90 Å². The van der Waals surface area contributed by atoms with Crippen molar-refractivity contribution in [3.8, 4) is 5.75 Å². The predicted molar refractivity (Wildman–Crippen MR) is 109 cm³/mol. The molecule has 10 heteroatoms. The minimum absolute atomic E-state index is 0.0317. The van der Waals surface area contributed by atoms with Crippen molar-refractivity contribution in [1.29, 1.82) is 0 Å². The van der Waals surface area contributed by atoms with Crippen molar-refractivity contribution in [2.75, 3.05) is 19.0 Å². The molecule has 1 fully saturated rings. The number of aromatic hydroxyl groups is 1. The lowest BCUT2D eigenvalue weighted by atomic mass is 9.60. The quantitative estimate of drug-likeness (QED) is 0.199. The first-order valence-corrected chi connectivity index (χ1v) is 9.59. The van der Waals surface area contributed by atoms with E-state index in [1.54, 1.807) is 20.2 Å². The molecule has 6 N–H and O–H groups in total. The smallest absolute Gasteiger partial charge is 0.256 e. The Morgan fingerprint density at radius 2 is 1.81 bits per heavy atom. The molecule has 0 saturated heterocycles. The van der Waals surface area contributed by atoms with Gasteiger partial charge >= 0.3 is 0 Å². The van der Waals surface area contributed by atoms with Crippen LogP contribution in [0, 0.1) is 17.8 Å². The van der Waals surface area contributed by atoms with E-state index in [0.29, 0.717) is 5.56 Å². The highest BCUT2D eigenvalue weighted by Crippen LogP contribution is 2.50. The SMILES string of the molecule is CN(C)c1ccc(O)c2c1CC1CC3/C(=N\O)C(O)=C(C(N)=O)C(=O)C3C(=O)C1=C2O. The van der Waals surface area contributed by atoms with E-state index in [9.17, 15) is 34.9 Å². The Bertz CT molecular complexity index is 1150. The molecule has 0 radical (unpaired) electrons. The molecule has 0 heterocycles. The number of carbonyl (C=O) groups is 3. The van der Waals surface area contributed by atoms with Gasteiger partial charge in [0.05, 0.1) is 11.5 Å². The van der Waals surface area contributed by atoms with Gasteiger partial charge < -0.3 is 31.2 Å². The van der Waals surface area contributed by atoms with Gasteiger partial charge in [-0.15, -0.1) is 0 Å². The van der Waals surface area contributed by atoms with Gasteiger partial charge in [0.2, 0.25) is 0 Å². The van der Waals surface area contributed by atoms with Crippen LogP contribution in [0.1, 0.15) is 17.5 Å². The minimum atomic E-state index is -1.47. The van der Waals surface area contributed by atoms with Crippen LogP contribution in [0.25, 0.3) is 5.76 Å². The van der Waals surface area contributed by atoms with Gasteiger partial charge in [-0.3, -0.25) is 14.4 Å². The van der Waals surface area contributed by atoms with Crippen LogP contribution >= 0.6 is 0 Å². The van der Waals surface area contributed by atoms with Crippen molar-refractivity contribution in [2.24, 2.45) is 28.6 Å². The fourth-order valence-electron chi connectivity index (χ4n) is 5.01. The number of phenolic OH excluding ortho intramolecular Hbond substituents is 1. The van der Waals surface area contributed by atoms with Crippen LogP contribution in [0.4, 0.5) is 5.69 Å². The highest BCUT2D eigenvalue weighted by atomic mass is 16.4. The lowest BCUT2D eigenvalue weighted by molar-refractivity contribution is -0.133. The van der Waals surface area contributed by atoms with E-state index in [0.717, 1.165) is 5.69 Å². The lowest BCUT2D eigenvalue weighted by Crippen LogP contribution is -2.50. The summed E-state index contributed by atoms with van der Waals surface area (Å²) in [6, 6.07) is 3.11. The molecule has 4 rings (SSSR count). The first-order valence-electron chi connectivity index (χ1n) is 9.59. The molecule has 3 unspecified atom stereocenters. The molecule has 0 bridgehead atoms. The third-order valence-corrected chi connectivity index (χ3v) is 6.30. The molecule has 1 aromatic rings. The van der Waals surface area contributed by atoms with Crippen molar-refractivity contribution in [1.82, 2.24) is 0 Å². The summed E-state index contributed by atoms with van der Waals surface area (Å²) in [5, 5.41) is 44.2. The number of ketones is 2. The van der Waals surface area contributed by atoms with Crippen LogP contribution in [0.3, 0.4) is 0 Å². The number of hydrogen-bond donors (Lipinski definition) is 5. The summed E-state index contributed by atoms with van der Waals surface area (Å²) in [5.74, 6) is -7.48. The molecule has 3 aliphatic rings. The number of phenols is 1. The number of anilines is 1. The summed E-state index contributed by atoms with van der Waals surface area (Å²) in [7, 11) is 3.60. The number of allylic oxidation sites excluding steroid dienone is 2. The van der Waals surface area contributed by atoms with E-state index in [2.05, 4.69) is 5.16 Å². The van der Waals surface area contributed by atoms with Gasteiger partial charge in [0.15, 0.2) is 17.3 Å². The summed E-state index contributed by atoms with van der Waals surface area (Å²) >= 11 is 0. The number of benzene rings is 1. The predicted octanol–water partition coefficient (Wildman–Crippen LogP) is 0.815. The second kappa shape index (κ2) is 6.86. The number of fused-ring (bicyclic) bond motifs is 3. The lowest BCUT2D eigenvalue weighted by Gasteiger charge is -2.41. The summed E-state index contributed by atoms with van der Waals surface area (Å²) in [6.07, 6.45) is 0.366. The van der Waals surface area contributed by atoms with Crippen LogP contribution in [0.5, 0.6) is 5.75 Å². The normalized spacial score (nSPS) is 26.5. The molecule has 1 saturated carbocycles. The summed E-state index contributed by atoms with van der Waals surface area (Å²) in [5.41, 5.74) is 5.48. The van der Waals surface area contributed by atoms with E-state index in [4.69, 9.17) is 5.73 Å². The minimum Gasteiger partial charge on any atom is -0.507 e. The van der Waals surface area contributed by atoms with Gasteiger partial charge in [0.1, 0.15) is 22.8 Å². The zero-order chi connectivity index (χ0) is 22.8. The fourth-order valence-corrected chi connectivity index (χ4v) is 5.01. The van der Waals surface area contributed by atoms with Gasteiger partial charge in [-0.1, -0.05) is 5.16 Å². The highest BCUT2D eigenvalue weighted by molar-refractivity contribution is 6.34. The van der Waals surface area contributed by atoms with E-state index in [-0.39, 0.29) is 35.4 Å². The van der Waals surface area contributed by atoms with Crippen LogP contribution in [-0.4, -0.2) is 57.8 Å². The van der Waals surface area contributed by atoms with E-state index < -0.39 is 52.3 Å². The molecule has 0 aliphatic heterocycles. The van der Waals surface area contributed by atoms with Crippen LogP contribution < -0.4 is 10.6 Å². The number of nitrogens with zero attached hydrogens (tertiary/aromatic N) is 2. The molecule has 3 aliphatic carbocycles. The Balaban J connectivity index is 1.92. The fraction of sp³-hybridized carbons (Fsp3) is 0.333. The van der Waals surface area contributed by atoms with Crippen molar-refractivity contribution < 1.29 is 34.9 Å². The maximum Gasteiger partial charge on any atom is 0.256 e. The van der Waals surface area contributed by atoms with Crippen LogP contribution in [-0.2, 0) is 20.8 Å². The second-order valence-corrected chi connectivity index (χ2v) is 8.14. The van der Waals surface area contributed by atoms with E-state index in [1.165, 1.54) is 6.07 Å². The number of Topliss-reactive ketones (excluding diaryl/α,β-unsaturated/α-hetero) is 2. The Kier molecular flexibility index (Phi) is 4.53. The van der Waals surface area contributed by atoms with Gasteiger partial charge in [-0.2, -0.15) is 0 Å². The highest BCUT2D eigenvalue weighted by Gasteiger charge is 2.54. The number of aliphatic hydroxyl groups excluding tert-OH is 2. The number of nitrogens with two attached hydrogens (primary N) is 1. The Labute approximate surface area is 176 Å². The summed E-state index contributed by atoms with van der Waals surface area (Å²) in [4.78, 5) is 39.8. The van der Waals surface area contributed by atoms with Gasteiger partial charge in [-0.05, 0) is 36.5 Å². The largest absolute Gasteiger partial charge is 0.507 e. The molecule has 1 amide bonds. The molecule has 1 aromatic carbocycles. The van der Waals surface area contributed by atoms with Gasteiger partial charge in [0.25, 0.3) is 5.91 Å². The third-order valence-electron chi connectivity index (χ3n) is 6.30. The van der Waals surface area contributed by atoms with Crippen molar-refractivity contribution >= 4 is 34.6 Å². The molecule has 31 heavy (non-hydrogen) atoms. The second-order valence-electron chi connectivity index (χ2n) is 8.14. The topological polar surface area (TPSA) is 174 Å². The zero-order valence-corrected chi connectivity index (χ0v) is 16.8. The third kappa shape index (κ3) is 2.71. The van der Waals surface area contributed by atoms with Crippen molar-refractivity contribution in [2.45, 2.75) is 12.8 Å². The average Bonchev–Trinajstić information content (AvgIpc) is 2.67. The first-order chi connectivity index (χ1) is 14.6. The molecule has 0 aromatic heterocycles. The number of aliphatic hydroxyl groups is 2. The van der Waals surface area contributed by atoms with Crippen LogP contribution in [0.15, 0.2) is 34.2 Å². The molecule has 0 spiro atoms. The number of carbonyl (C=O) groups excluding carboxylic acids is 3. The number of oxime groups is 1. The maximum absolute atomic E-state index is 13.4. The molecular weight excluding hydrogens is 406 g/mol. The van der Waals surface area contributed by atoms with Crippen LogP contribution in [0.2, 0.25) is 0 Å². The zero-order valence-electron chi connectivity index (χ0n) is 16.8. The molecule has 162 valence electrons. The number of rotatable bonds is 2. The summed E-state index contributed by atoms with van der Waals surface area (Å²) in [6.45, 7) is 0. The maximum atomic E-state index is 13.4. The Morgan fingerprint density at radius 1 is 1.13 bits per heavy atom. The Morgan fingerprint density at radius 3 is 2.39 bits per heavy atom. The van der Waals surface area contributed by atoms with Crippen molar-refractivity contribution in [3.05, 3.63) is 40.2 Å². The Hall–Kier alpha value is -3.82. The number of primary amides is 1. The first kappa shape index (κ1) is 20.5. The van der Waals surface area contributed by atoms with Gasteiger partial charge in [0, 0.05) is 31.3 Å². The molecular formula is C21H21N3O7. The number of hydrogen-bond acceptors (Lipinski definition) is 9. The van der Waals surface area contributed by atoms with Gasteiger partial charge in [-0.25, -0.2) is 0 Å². The average molecular weight is 427 g/mol. The molecule has 3 atom stereocenters. The van der Waals surface area contributed by atoms with Crippen molar-refractivity contribution in [3.63, 3.8) is 0 Å². The monoisotopic (exact) mass is 427 g/mol. The summed E-state index contributed by atoms with van der Waals surface area (Å²) < 4.78 is 0. The standard InChI is InChI=1S/C21H21N3O7/c1-24(2)10-3-4-11(25)13-8(10)5-7-6-9-14(18(27)12(7)17(13)26)19(28)15(21(22)30)20(29)16(9)23-31/h3-4,7,9,14,25-26,29,31H,5-6H2,1-2H3,(H2,22,30)/b23-16+. The number of amides is 1.